The van der Waals surface area contributed by atoms with Crippen molar-refractivity contribution in [2.75, 3.05) is 11.1 Å². The summed E-state index contributed by atoms with van der Waals surface area (Å²) in [6, 6.07) is 7.47. The average molecular weight is 272 g/mol. The number of nitrogen functional groups attached to an aromatic ring is 1. The van der Waals surface area contributed by atoms with Crippen LogP contribution in [0.1, 0.15) is 34.1 Å². The van der Waals surface area contributed by atoms with E-state index in [2.05, 4.69) is 23.3 Å². The second kappa shape index (κ2) is 5.29. The first kappa shape index (κ1) is 13.4. The number of benzene rings is 1. The van der Waals surface area contributed by atoms with Crippen LogP contribution < -0.4 is 11.1 Å². The van der Waals surface area contributed by atoms with Gasteiger partial charge in [0.15, 0.2) is 0 Å². The number of aryl methyl sites for hydroxylation is 2. The number of nitrogens with one attached hydrogen (secondary N) is 1. The molecule has 0 bridgehead atoms. The molecule has 1 aromatic heterocycles. The molecular formula is C14H16N4S. The van der Waals surface area contributed by atoms with Gasteiger partial charge in [0.25, 0.3) is 0 Å². The van der Waals surface area contributed by atoms with Crippen LogP contribution in [0.3, 0.4) is 0 Å². The number of rotatable bonds is 3. The molecule has 0 fully saturated rings. The van der Waals surface area contributed by atoms with Gasteiger partial charge in [0.2, 0.25) is 0 Å². The highest BCUT2D eigenvalue weighted by molar-refractivity contribution is 7.11. The minimum atomic E-state index is 0.113. The van der Waals surface area contributed by atoms with Crippen molar-refractivity contribution in [3.63, 3.8) is 0 Å². The quantitative estimate of drug-likeness (QED) is 0.840. The fraction of sp³-hybridized carbons (Fsp3) is 0.286. The Morgan fingerprint density at radius 3 is 2.74 bits per heavy atom. The van der Waals surface area contributed by atoms with Crippen LogP contribution in [0.5, 0.6) is 0 Å². The Balaban J connectivity index is 2.26. The lowest BCUT2D eigenvalue weighted by atomic mass is 10.1. The van der Waals surface area contributed by atoms with Crippen molar-refractivity contribution >= 4 is 22.7 Å². The summed E-state index contributed by atoms with van der Waals surface area (Å²) in [6.45, 7) is 6.07. The third-order valence-corrected chi connectivity index (χ3v) is 4.14. The summed E-state index contributed by atoms with van der Waals surface area (Å²) in [4.78, 5) is 5.62. The molecule has 0 amide bonds. The molecule has 2 rings (SSSR count). The predicted octanol–water partition coefficient (Wildman–Crippen LogP) is 3.39. The lowest BCUT2D eigenvalue weighted by Gasteiger charge is -2.16. The monoisotopic (exact) mass is 272 g/mol. The van der Waals surface area contributed by atoms with Crippen molar-refractivity contribution in [1.29, 1.82) is 5.26 Å². The summed E-state index contributed by atoms with van der Waals surface area (Å²) in [7, 11) is 0. The molecule has 1 unspecified atom stereocenters. The van der Waals surface area contributed by atoms with Gasteiger partial charge in [-0.15, -0.1) is 11.3 Å². The molecule has 0 spiro atoms. The van der Waals surface area contributed by atoms with Crippen LogP contribution in [0.2, 0.25) is 0 Å². The molecule has 1 atom stereocenters. The number of aromatic nitrogens is 1. The summed E-state index contributed by atoms with van der Waals surface area (Å²) in [5.41, 5.74) is 9.00. The average Bonchev–Trinajstić information content (AvgIpc) is 2.71. The van der Waals surface area contributed by atoms with Crippen molar-refractivity contribution < 1.29 is 0 Å². The maximum absolute atomic E-state index is 8.92. The maximum Gasteiger partial charge on any atom is 0.0992 e. The topological polar surface area (TPSA) is 74.7 Å². The van der Waals surface area contributed by atoms with E-state index in [4.69, 9.17) is 11.0 Å². The Morgan fingerprint density at radius 2 is 2.16 bits per heavy atom. The fourth-order valence-electron chi connectivity index (χ4n) is 2.00. The first-order valence-electron chi connectivity index (χ1n) is 6.01. The zero-order chi connectivity index (χ0) is 14.0. The van der Waals surface area contributed by atoms with Gasteiger partial charge in [-0.3, -0.25) is 0 Å². The van der Waals surface area contributed by atoms with Crippen LogP contribution >= 0.6 is 11.3 Å². The first-order chi connectivity index (χ1) is 9.01. The fourth-order valence-corrected chi connectivity index (χ4v) is 2.93. The van der Waals surface area contributed by atoms with Gasteiger partial charge in [0.1, 0.15) is 0 Å². The second-order valence-corrected chi connectivity index (χ2v) is 5.70. The van der Waals surface area contributed by atoms with Gasteiger partial charge in [-0.05, 0) is 39.0 Å². The van der Waals surface area contributed by atoms with E-state index in [0.29, 0.717) is 11.3 Å². The van der Waals surface area contributed by atoms with Crippen molar-refractivity contribution in [3.05, 3.63) is 39.3 Å². The maximum atomic E-state index is 8.92. The molecule has 0 saturated heterocycles. The van der Waals surface area contributed by atoms with E-state index in [9.17, 15) is 0 Å². The smallest absolute Gasteiger partial charge is 0.0992 e. The number of anilines is 2. The molecule has 0 radical (unpaired) electrons. The number of thiazole rings is 1. The van der Waals surface area contributed by atoms with Crippen molar-refractivity contribution in [2.24, 2.45) is 0 Å². The Kier molecular flexibility index (Phi) is 3.72. The van der Waals surface area contributed by atoms with Crippen LogP contribution in [0, 0.1) is 25.2 Å². The van der Waals surface area contributed by atoms with E-state index >= 15 is 0 Å². The standard InChI is InChI=1S/C14H16N4S/c1-8-14(19-10(3)17-8)9(2)18-13-6-11(7-15)4-5-12(13)16/h4-6,9,18H,16H2,1-3H3. The molecule has 19 heavy (non-hydrogen) atoms. The summed E-state index contributed by atoms with van der Waals surface area (Å²) in [5.74, 6) is 0. The molecule has 2 aromatic rings. The number of hydrogen-bond acceptors (Lipinski definition) is 5. The molecule has 3 N–H and O–H groups in total. The Labute approximate surface area is 116 Å². The normalized spacial score (nSPS) is 11.9. The van der Waals surface area contributed by atoms with Crippen molar-refractivity contribution in [2.45, 2.75) is 26.8 Å². The number of nitriles is 1. The van der Waals surface area contributed by atoms with Gasteiger partial charge in [-0.1, -0.05) is 0 Å². The molecule has 1 heterocycles. The molecular weight excluding hydrogens is 256 g/mol. The number of nitrogens with two attached hydrogens (primary N) is 1. The van der Waals surface area contributed by atoms with Gasteiger partial charge in [-0.2, -0.15) is 5.26 Å². The minimum Gasteiger partial charge on any atom is -0.397 e. The zero-order valence-electron chi connectivity index (χ0n) is 11.2. The molecule has 0 saturated carbocycles. The van der Waals surface area contributed by atoms with E-state index in [0.717, 1.165) is 16.4 Å². The Morgan fingerprint density at radius 1 is 1.42 bits per heavy atom. The number of nitrogens with zero attached hydrogens (tertiary/aromatic N) is 2. The van der Waals surface area contributed by atoms with Crippen LogP contribution in [0.25, 0.3) is 0 Å². The highest BCUT2D eigenvalue weighted by Gasteiger charge is 2.14. The molecule has 98 valence electrons. The molecule has 0 aliphatic carbocycles. The van der Waals surface area contributed by atoms with E-state index in [1.165, 1.54) is 4.88 Å². The second-order valence-electron chi connectivity index (χ2n) is 4.46. The highest BCUT2D eigenvalue weighted by Crippen LogP contribution is 2.30. The van der Waals surface area contributed by atoms with Crippen LogP contribution in [-0.2, 0) is 0 Å². The lowest BCUT2D eigenvalue weighted by molar-refractivity contribution is 0.890. The van der Waals surface area contributed by atoms with E-state index in [-0.39, 0.29) is 6.04 Å². The Hall–Kier alpha value is -2.06. The minimum absolute atomic E-state index is 0.113. The van der Waals surface area contributed by atoms with Gasteiger partial charge < -0.3 is 11.1 Å². The summed E-state index contributed by atoms with van der Waals surface area (Å²) < 4.78 is 0. The lowest BCUT2D eigenvalue weighted by Crippen LogP contribution is -2.08. The van der Waals surface area contributed by atoms with Gasteiger partial charge >= 0.3 is 0 Å². The highest BCUT2D eigenvalue weighted by atomic mass is 32.1. The molecule has 5 heteroatoms. The SMILES string of the molecule is Cc1nc(C)c(C(C)Nc2cc(C#N)ccc2N)s1. The first-order valence-corrected chi connectivity index (χ1v) is 6.83. The molecule has 4 nitrogen and oxygen atoms in total. The largest absolute Gasteiger partial charge is 0.397 e. The van der Waals surface area contributed by atoms with E-state index in [1.807, 2.05) is 13.8 Å². The van der Waals surface area contributed by atoms with Crippen LogP contribution in [0.15, 0.2) is 18.2 Å². The summed E-state index contributed by atoms with van der Waals surface area (Å²) >= 11 is 1.68. The van der Waals surface area contributed by atoms with E-state index in [1.54, 1.807) is 29.5 Å². The predicted molar refractivity (Wildman–Crippen MR) is 79.2 cm³/mol. The van der Waals surface area contributed by atoms with Gasteiger partial charge in [-0.25, -0.2) is 4.98 Å². The summed E-state index contributed by atoms with van der Waals surface area (Å²) in [5, 5.41) is 13.3. The van der Waals surface area contributed by atoms with Crippen molar-refractivity contribution in [3.8, 4) is 6.07 Å². The molecule has 0 aliphatic rings. The van der Waals surface area contributed by atoms with Crippen LogP contribution in [0.4, 0.5) is 11.4 Å². The third-order valence-electron chi connectivity index (χ3n) is 2.89. The van der Waals surface area contributed by atoms with Crippen LogP contribution in [-0.4, -0.2) is 4.98 Å². The third kappa shape index (κ3) is 2.85. The van der Waals surface area contributed by atoms with Gasteiger partial charge in [0, 0.05) is 4.88 Å². The van der Waals surface area contributed by atoms with Crippen molar-refractivity contribution in [1.82, 2.24) is 4.98 Å². The number of hydrogen-bond donors (Lipinski definition) is 2. The zero-order valence-corrected chi connectivity index (χ0v) is 12.0. The molecule has 1 aromatic carbocycles. The summed E-state index contributed by atoms with van der Waals surface area (Å²) in [6.07, 6.45) is 0. The van der Waals surface area contributed by atoms with E-state index < -0.39 is 0 Å². The van der Waals surface area contributed by atoms with Gasteiger partial charge in [0.05, 0.1) is 39.8 Å². The Bertz CT molecular complexity index is 639. The molecule has 0 aliphatic heterocycles.